The van der Waals surface area contributed by atoms with Gasteiger partial charge in [0.15, 0.2) is 11.5 Å². The number of para-hydroxylation sites is 2. The predicted octanol–water partition coefficient (Wildman–Crippen LogP) is 5.38. The molecule has 0 bridgehead atoms. The van der Waals surface area contributed by atoms with Gasteiger partial charge in [-0.2, -0.15) is 0 Å². The molecule has 2 N–H and O–H groups in total. The number of aliphatic carboxylic acids is 2. The highest BCUT2D eigenvalue weighted by Crippen LogP contribution is 2.33. The average molecular weight is 541 g/mol. The van der Waals surface area contributed by atoms with Crippen LogP contribution in [0.5, 0.6) is 17.4 Å². The molecule has 0 unspecified atom stereocenters. The number of aromatic nitrogens is 1. The van der Waals surface area contributed by atoms with Crippen LogP contribution in [-0.4, -0.2) is 65.1 Å². The minimum atomic E-state index is -1.26. The maximum absolute atomic E-state index is 12.8. The molecule has 0 aliphatic heterocycles. The molecule has 2 aromatic heterocycles. The number of carboxylic acid groups (broad SMARTS) is 2. The van der Waals surface area contributed by atoms with Gasteiger partial charge in [0.1, 0.15) is 0 Å². The van der Waals surface area contributed by atoms with Crippen LogP contribution >= 0.6 is 11.3 Å². The van der Waals surface area contributed by atoms with Gasteiger partial charge in [0.2, 0.25) is 11.7 Å². The fourth-order valence-electron chi connectivity index (χ4n) is 3.15. The van der Waals surface area contributed by atoms with Crippen molar-refractivity contribution in [2.45, 2.75) is 25.7 Å². The van der Waals surface area contributed by atoms with Crippen molar-refractivity contribution in [3.05, 3.63) is 82.7 Å². The summed E-state index contributed by atoms with van der Waals surface area (Å²) in [6.07, 6.45) is 7.27. The van der Waals surface area contributed by atoms with Gasteiger partial charge in [-0.3, -0.25) is 4.79 Å². The van der Waals surface area contributed by atoms with Gasteiger partial charge in [0.25, 0.3) is 0 Å². The molecule has 0 amide bonds. The third-order valence-electron chi connectivity index (χ3n) is 4.94. The van der Waals surface area contributed by atoms with E-state index in [2.05, 4.69) is 24.0 Å². The Labute approximate surface area is 226 Å². The first-order chi connectivity index (χ1) is 18.3. The summed E-state index contributed by atoms with van der Waals surface area (Å²) >= 11 is 1.40. The fourth-order valence-corrected chi connectivity index (χ4v) is 3.83. The van der Waals surface area contributed by atoms with E-state index in [1.807, 2.05) is 35.7 Å². The van der Waals surface area contributed by atoms with Gasteiger partial charge < -0.3 is 24.6 Å². The van der Waals surface area contributed by atoms with Crippen molar-refractivity contribution in [1.29, 1.82) is 0 Å². The monoisotopic (exact) mass is 540 g/mol. The summed E-state index contributed by atoms with van der Waals surface area (Å²) in [7, 11) is 4.20. The number of hydrogen-bond acceptors (Lipinski definition) is 8. The van der Waals surface area contributed by atoms with Crippen molar-refractivity contribution < 1.29 is 34.1 Å². The summed E-state index contributed by atoms with van der Waals surface area (Å²) in [5.74, 6) is -1.10. The SMILES string of the molecule is CN(C)CCCCCCOc1ccccc1Oc1ncccc1C(=O)c1cccs1.O=C(O)C=CC(=O)O. The van der Waals surface area contributed by atoms with E-state index in [1.165, 1.54) is 24.2 Å². The third kappa shape index (κ3) is 11.4. The van der Waals surface area contributed by atoms with Crippen molar-refractivity contribution in [3.63, 3.8) is 0 Å². The molecule has 3 rings (SSSR count). The van der Waals surface area contributed by atoms with Crippen LogP contribution in [0.2, 0.25) is 0 Å². The Morgan fingerprint density at radius 2 is 1.58 bits per heavy atom. The molecule has 202 valence electrons. The summed E-state index contributed by atoms with van der Waals surface area (Å²) in [5.41, 5.74) is 0.440. The summed E-state index contributed by atoms with van der Waals surface area (Å²) in [4.78, 5) is 39.1. The van der Waals surface area contributed by atoms with E-state index in [4.69, 9.17) is 19.7 Å². The zero-order valence-electron chi connectivity index (χ0n) is 21.4. The quantitative estimate of drug-likeness (QED) is 0.157. The molecule has 0 spiro atoms. The lowest BCUT2D eigenvalue weighted by atomic mass is 10.1. The molecular formula is C28H32N2O7S. The van der Waals surface area contributed by atoms with Crippen molar-refractivity contribution >= 4 is 29.1 Å². The zero-order valence-corrected chi connectivity index (χ0v) is 22.2. The van der Waals surface area contributed by atoms with Crippen LogP contribution < -0.4 is 9.47 Å². The number of benzene rings is 1. The van der Waals surface area contributed by atoms with Gasteiger partial charge in [-0.15, -0.1) is 11.3 Å². The van der Waals surface area contributed by atoms with E-state index in [-0.39, 0.29) is 11.7 Å². The molecule has 0 radical (unpaired) electrons. The first-order valence-electron chi connectivity index (χ1n) is 12.0. The highest BCUT2D eigenvalue weighted by molar-refractivity contribution is 7.12. The van der Waals surface area contributed by atoms with Gasteiger partial charge in [0, 0.05) is 18.3 Å². The number of carbonyl (C=O) groups is 3. The second-order valence-electron chi connectivity index (χ2n) is 8.29. The van der Waals surface area contributed by atoms with Crippen LogP contribution in [0.1, 0.15) is 40.9 Å². The maximum atomic E-state index is 12.8. The number of unbranched alkanes of at least 4 members (excludes halogenated alkanes) is 3. The molecule has 0 atom stereocenters. The highest BCUT2D eigenvalue weighted by atomic mass is 32.1. The van der Waals surface area contributed by atoms with Crippen molar-refractivity contribution in [1.82, 2.24) is 9.88 Å². The van der Waals surface area contributed by atoms with Gasteiger partial charge in [0.05, 0.1) is 17.0 Å². The summed E-state index contributed by atoms with van der Waals surface area (Å²) in [6, 6.07) is 14.7. The second kappa shape index (κ2) is 16.7. The van der Waals surface area contributed by atoms with Crippen LogP contribution in [0, 0.1) is 0 Å². The van der Waals surface area contributed by atoms with Crippen LogP contribution in [-0.2, 0) is 9.59 Å². The number of thiophene rings is 1. The van der Waals surface area contributed by atoms with Gasteiger partial charge in [-0.25, -0.2) is 14.6 Å². The van der Waals surface area contributed by atoms with Crippen LogP contribution in [0.4, 0.5) is 0 Å². The third-order valence-corrected chi connectivity index (χ3v) is 5.81. The molecule has 38 heavy (non-hydrogen) atoms. The number of ketones is 1. The largest absolute Gasteiger partial charge is 0.490 e. The molecule has 0 fully saturated rings. The van der Waals surface area contributed by atoms with Crippen LogP contribution in [0.25, 0.3) is 0 Å². The number of carbonyl (C=O) groups excluding carboxylic acids is 1. The number of nitrogens with zero attached hydrogens (tertiary/aromatic N) is 2. The maximum Gasteiger partial charge on any atom is 0.328 e. The molecule has 10 heteroatoms. The van der Waals surface area contributed by atoms with Crippen LogP contribution in [0.3, 0.4) is 0 Å². The van der Waals surface area contributed by atoms with E-state index in [9.17, 15) is 14.4 Å². The molecule has 0 aliphatic carbocycles. The Kier molecular flexibility index (Phi) is 13.3. The minimum absolute atomic E-state index is 0.0933. The Morgan fingerprint density at radius 1 is 0.895 bits per heavy atom. The number of pyridine rings is 1. The molecular weight excluding hydrogens is 508 g/mol. The second-order valence-corrected chi connectivity index (χ2v) is 9.23. The minimum Gasteiger partial charge on any atom is -0.490 e. The topological polar surface area (TPSA) is 126 Å². The Morgan fingerprint density at radius 3 is 2.21 bits per heavy atom. The van der Waals surface area contributed by atoms with Gasteiger partial charge in [-0.1, -0.05) is 31.0 Å². The lowest BCUT2D eigenvalue weighted by Crippen LogP contribution is -2.12. The lowest BCUT2D eigenvalue weighted by molar-refractivity contribution is -0.134. The van der Waals surface area contributed by atoms with Gasteiger partial charge in [-0.05, 0) is 69.2 Å². The molecule has 0 saturated carbocycles. The predicted molar refractivity (Wildman–Crippen MR) is 145 cm³/mol. The van der Waals surface area contributed by atoms with Crippen molar-refractivity contribution in [2.75, 3.05) is 27.2 Å². The van der Waals surface area contributed by atoms with E-state index in [0.717, 1.165) is 19.4 Å². The smallest absolute Gasteiger partial charge is 0.328 e. The standard InChI is InChI=1S/C24H28N2O3S.C4H4O4/c1-26(2)16-7-3-4-8-17-28-20-12-5-6-13-21(20)29-24-19(11-9-15-25-24)23(27)22-14-10-18-30-22;5-3(6)1-2-4(7)8/h5-6,9-15,18H,3-4,7-8,16-17H2,1-2H3;1-2H,(H,5,6)(H,7,8). The zero-order chi connectivity index (χ0) is 27.8. The van der Waals surface area contributed by atoms with E-state index in [0.29, 0.717) is 40.7 Å². The molecule has 0 saturated heterocycles. The van der Waals surface area contributed by atoms with Crippen LogP contribution in [0.15, 0.2) is 72.3 Å². The van der Waals surface area contributed by atoms with Crippen molar-refractivity contribution in [2.24, 2.45) is 0 Å². The Bertz CT molecular complexity index is 1180. The van der Waals surface area contributed by atoms with E-state index in [1.54, 1.807) is 24.4 Å². The molecule has 3 aromatic rings. The molecule has 9 nitrogen and oxygen atoms in total. The Balaban J connectivity index is 0.000000550. The number of hydrogen-bond donors (Lipinski definition) is 2. The molecule has 1 aromatic carbocycles. The first-order valence-corrected chi connectivity index (χ1v) is 12.9. The summed E-state index contributed by atoms with van der Waals surface area (Å²) in [6.45, 7) is 1.75. The summed E-state index contributed by atoms with van der Waals surface area (Å²) < 4.78 is 12.0. The van der Waals surface area contributed by atoms with Gasteiger partial charge >= 0.3 is 11.9 Å². The van der Waals surface area contributed by atoms with E-state index >= 15 is 0 Å². The summed E-state index contributed by atoms with van der Waals surface area (Å²) in [5, 5.41) is 17.5. The number of carboxylic acids is 2. The number of rotatable bonds is 14. The normalized spacial score (nSPS) is 10.6. The lowest BCUT2D eigenvalue weighted by Gasteiger charge is -2.13. The van der Waals surface area contributed by atoms with E-state index < -0.39 is 11.9 Å². The highest BCUT2D eigenvalue weighted by Gasteiger charge is 2.18. The fraction of sp³-hybridized carbons (Fsp3) is 0.286. The first kappa shape index (κ1) is 30.2. The molecule has 2 heterocycles. The Hall–Kier alpha value is -4.02. The number of ether oxygens (including phenoxy) is 2. The molecule has 0 aliphatic rings. The van der Waals surface area contributed by atoms with Crippen molar-refractivity contribution in [3.8, 4) is 17.4 Å². The average Bonchev–Trinajstić information content (AvgIpc) is 3.43.